The van der Waals surface area contributed by atoms with Gasteiger partial charge in [0.05, 0.1) is 6.20 Å². The highest BCUT2D eigenvalue weighted by Gasteiger charge is 2.22. The first kappa shape index (κ1) is 10.9. The number of anilines is 1. The minimum Gasteiger partial charge on any atom is -0.481 e. The van der Waals surface area contributed by atoms with Crippen molar-refractivity contribution >= 4 is 11.8 Å². The van der Waals surface area contributed by atoms with Crippen molar-refractivity contribution < 1.29 is 9.90 Å². The molecule has 0 saturated carbocycles. The van der Waals surface area contributed by atoms with E-state index in [1.807, 2.05) is 0 Å². The number of aromatic nitrogens is 2. The monoisotopic (exact) mass is 221 g/mol. The molecule has 2 rings (SSSR count). The lowest BCUT2D eigenvalue weighted by molar-refractivity contribution is -0.138. The molecule has 1 saturated heterocycles. The molecule has 1 N–H and O–H groups in total. The second kappa shape index (κ2) is 4.92. The number of rotatable bonds is 3. The van der Waals surface area contributed by atoms with Crippen LogP contribution < -0.4 is 4.90 Å². The predicted molar refractivity (Wildman–Crippen MR) is 59.2 cm³/mol. The van der Waals surface area contributed by atoms with E-state index in [0.29, 0.717) is 0 Å². The minimum atomic E-state index is -0.717. The smallest absolute Gasteiger partial charge is 0.303 e. The summed E-state index contributed by atoms with van der Waals surface area (Å²) in [5, 5.41) is 8.78. The number of carboxylic acid groups (broad SMARTS) is 1. The predicted octanol–water partition coefficient (Wildman–Crippen LogP) is 1.17. The largest absolute Gasteiger partial charge is 0.481 e. The number of carboxylic acids is 1. The van der Waals surface area contributed by atoms with Crippen LogP contribution in [0.4, 0.5) is 5.82 Å². The lowest BCUT2D eigenvalue weighted by Gasteiger charge is -2.32. The number of aliphatic carboxylic acids is 1. The topological polar surface area (TPSA) is 66.3 Å². The third kappa shape index (κ3) is 2.68. The number of carbonyl (C=O) groups is 1. The normalized spacial score (nSPS) is 20.8. The summed E-state index contributed by atoms with van der Waals surface area (Å²) in [6.45, 7) is 1.71. The number of nitrogens with zero attached hydrogens (tertiary/aromatic N) is 3. The number of hydrogen-bond acceptors (Lipinski definition) is 4. The molecule has 0 aliphatic carbocycles. The highest BCUT2D eigenvalue weighted by Crippen LogP contribution is 2.22. The van der Waals surface area contributed by atoms with Gasteiger partial charge in [0, 0.05) is 31.9 Å². The van der Waals surface area contributed by atoms with Crippen molar-refractivity contribution in [2.24, 2.45) is 5.92 Å². The zero-order chi connectivity index (χ0) is 11.4. The van der Waals surface area contributed by atoms with E-state index in [1.165, 1.54) is 0 Å². The van der Waals surface area contributed by atoms with Crippen LogP contribution in [-0.4, -0.2) is 34.1 Å². The maximum absolute atomic E-state index is 10.7. The van der Waals surface area contributed by atoms with Crippen molar-refractivity contribution in [2.45, 2.75) is 19.3 Å². The van der Waals surface area contributed by atoms with Crippen LogP contribution in [0.3, 0.4) is 0 Å². The number of hydrogen-bond donors (Lipinski definition) is 1. The maximum atomic E-state index is 10.7. The molecule has 0 amide bonds. The minimum absolute atomic E-state index is 0.230. The van der Waals surface area contributed by atoms with Crippen LogP contribution in [0.15, 0.2) is 18.6 Å². The van der Waals surface area contributed by atoms with Crippen molar-refractivity contribution in [1.82, 2.24) is 9.97 Å². The van der Waals surface area contributed by atoms with Crippen LogP contribution in [-0.2, 0) is 4.79 Å². The van der Waals surface area contributed by atoms with E-state index < -0.39 is 5.97 Å². The van der Waals surface area contributed by atoms with E-state index in [-0.39, 0.29) is 12.3 Å². The highest BCUT2D eigenvalue weighted by molar-refractivity contribution is 5.67. The third-order valence-corrected chi connectivity index (χ3v) is 2.86. The molecule has 0 spiro atoms. The van der Waals surface area contributed by atoms with E-state index in [1.54, 1.807) is 18.6 Å². The summed E-state index contributed by atoms with van der Waals surface area (Å²) in [4.78, 5) is 21.0. The highest BCUT2D eigenvalue weighted by atomic mass is 16.4. The van der Waals surface area contributed by atoms with Gasteiger partial charge >= 0.3 is 5.97 Å². The van der Waals surface area contributed by atoms with Crippen LogP contribution in [0, 0.1) is 5.92 Å². The van der Waals surface area contributed by atoms with Crippen LogP contribution >= 0.6 is 0 Å². The molecule has 0 radical (unpaired) electrons. The Kier molecular flexibility index (Phi) is 3.34. The molecule has 1 aliphatic heterocycles. The van der Waals surface area contributed by atoms with Crippen molar-refractivity contribution in [1.29, 1.82) is 0 Å². The van der Waals surface area contributed by atoms with Gasteiger partial charge in [-0.05, 0) is 18.8 Å². The van der Waals surface area contributed by atoms with Gasteiger partial charge in [-0.2, -0.15) is 0 Å². The van der Waals surface area contributed by atoms with E-state index in [2.05, 4.69) is 14.9 Å². The summed E-state index contributed by atoms with van der Waals surface area (Å²) in [5.74, 6) is 0.358. The van der Waals surface area contributed by atoms with Crippen LogP contribution in [0.2, 0.25) is 0 Å². The summed E-state index contributed by atoms with van der Waals surface area (Å²) in [7, 11) is 0. The van der Waals surface area contributed by atoms with Gasteiger partial charge < -0.3 is 10.0 Å². The van der Waals surface area contributed by atoms with Gasteiger partial charge in [-0.1, -0.05) is 0 Å². The summed E-state index contributed by atoms with van der Waals surface area (Å²) >= 11 is 0. The van der Waals surface area contributed by atoms with Gasteiger partial charge in [0.15, 0.2) is 0 Å². The molecule has 0 aromatic carbocycles. The van der Waals surface area contributed by atoms with Gasteiger partial charge in [0.1, 0.15) is 5.82 Å². The third-order valence-electron chi connectivity index (χ3n) is 2.86. The molecule has 1 unspecified atom stereocenters. The van der Waals surface area contributed by atoms with E-state index in [9.17, 15) is 4.79 Å². The van der Waals surface area contributed by atoms with Crippen LogP contribution in [0.25, 0.3) is 0 Å². The quantitative estimate of drug-likeness (QED) is 0.829. The van der Waals surface area contributed by atoms with Crippen LogP contribution in [0.1, 0.15) is 19.3 Å². The Morgan fingerprint density at radius 2 is 2.44 bits per heavy atom. The lowest BCUT2D eigenvalue weighted by atomic mass is 9.95. The fourth-order valence-electron chi connectivity index (χ4n) is 2.14. The van der Waals surface area contributed by atoms with Gasteiger partial charge in [0.25, 0.3) is 0 Å². The first-order valence-corrected chi connectivity index (χ1v) is 5.48. The van der Waals surface area contributed by atoms with Gasteiger partial charge in [0.2, 0.25) is 0 Å². The molecule has 16 heavy (non-hydrogen) atoms. The Hall–Kier alpha value is -1.65. The zero-order valence-corrected chi connectivity index (χ0v) is 9.04. The average molecular weight is 221 g/mol. The first-order valence-electron chi connectivity index (χ1n) is 5.48. The van der Waals surface area contributed by atoms with Gasteiger partial charge in [-0.15, -0.1) is 0 Å². The summed E-state index contributed by atoms with van der Waals surface area (Å²) < 4.78 is 0. The molecular formula is C11H15N3O2. The fourth-order valence-corrected chi connectivity index (χ4v) is 2.14. The maximum Gasteiger partial charge on any atom is 0.303 e. The van der Waals surface area contributed by atoms with E-state index in [4.69, 9.17) is 5.11 Å². The van der Waals surface area contributed by atoms with Crippen molar-refractivity contribution in [3.05, 3.63) is 18.6 Å². The Labute approximate surface area is 94.1 Å². The molecule has 0 bridgehead atoms. The van der Waals surface area contributed by atoms with Gasteiger partial charge in [-0.25, -0.2) is 4.98 Å². The van der Waals surface area contributed by atoms with Crippen molar-refractivity contribution in [3.8, 4) is 0 Å². The lowest BCUT2D eigenvalue weighted by Crippen LogP contribution is -2.36. The zero-order valence-electron chi connectivity index (χ0n) is 9.04. The molecule has 1 aromatic heterocycles. The molecule has 5 heteroatoms. The van der Waals surface area contributed by atoms with E-state index in [0.717, 1.165) is 31.7 Å². The van der Waals surface area contributed by atoms with Crippen molar-refractivity contribution in [3.63, 3.8) is 0 Å². The molecule has 1 fully saturated rings. The average Bonchev–Trinajstić information content (AvgIpc) is 2.30. The fraction of sp³-hybridized carbons (Fsp3) is 0.545. The molecule has 1 aromatic rings. The summed E-state index contributed by atoms with van der Waals surface area (Å²) in [6, 6.07) is 0. The second-order valence-corrected chi connectivity index (χ2v) is 4.12. The Morgan fingerprint density at radius 1 is 1.56 bits per heavy atom. The molecule has 2 heterocycles. The SMILES string of the molecule is O=C(O)CC1CCCN(c2cnccn2)C1. The number of piperidine rings is 1. The molecule has 5 nitrogen and oxygen atoms in total. The Bertz CT molecular complexity index is 356. The Balaban J connectivity index is 1.99. The molecule has 1 aliphatic rings. The van der Waals surface area contributed by atoms with Crippen LogP contribution in [0.5, 0.6) is 0 Å². The molecular weight excluding hydrogens is 206 g/mol. The second-order valence-electron chi connectivity index (χ2n) is 4.12. The van der Waals surface area contributed by atoms with E-state index >= 15 is 0 Å². The molecule has 1 atom stereocenters. The first-order chi connectivity index (χ1) is 7.75. The van der Waals surface area contributed by atoms with Gasteiger partial charge in [-0.3, -0.25) is 9.78 Å². The van der Waals surface area contributed by atoms with Crippen molar-refractivity contribution in [2.75, 3.05) is 18.0 Å². The molecule has 86 valence electrons. The Morgan fingerprint density at radius 3 is 3.12 bits per heavy atom. The summed E-state index contributed by atoms with van der Waals surface area (Å²) in [5.41, 5.74) is 0. The standard InChI is InChI=1S/C11H15N3O2/c15-11(16)6-9-2-1-5-14(8-9)10-7-12-3-4-13-10/h3-4,7,9H,1-2,5-6,8H2,(H,15,16). The summed E-state index contributed by atoms with van der Waals surface area (Å²) in [6.07, 6.45) is 7.29.